The van der Waals surface area contributed by atoms with Crippen LogP contribution in [0.15, 0.2) is 52.2 Å². The van der Waals surface area contributed by atoms with Gasteiger partial charge in [-0.3, -0.25) is 19.1 Å². The standard InChI is InChI=1S/C24H23ClN6O3/c1-2-11-30-21-20(23(33)29-24(30)34)17(12-18(27-21)15-5-6-15)22(32)28-19-9-10-26-31(19)13-14-3-7-16(25)8-4-14/h3-4,7-10,12,15H,2,5-6,11,13H2,1H3,(H,28,32)(H,29,33,34). The Morgan fingerprint density at radius 2 is 1.97 bits per heavy atom. The first-order valence-corrected chi connectivity index (χ1v) is 11.6. The van der Waals surface area contributed by atoms with E-state index in [9.17, 15) is 14.4 Å². The molecular formula is C24H23ClN6O3. The van der Waals surface area contributed by atoms with Gasteiger partial charge in [0.1, 0.15) is 5.82 Å². The van der Waals surface area contributed by atoms with E-state index in [4.69, 9.17) is 11.6 Å². The van der Waals surface area contributed by atoms with Gasteiger partial charge in [-0.15, -0.1) is 0 Å². The average Bonchev–Trinajstić information content (AvgIpc) is 3.59. The number of H-pyrrole nitrogens is 1. The van der Waals surface area contributed by atoms with Crippen molar-refractivity contribution in [2.45, 2.75) is 45.2 Å². The topological polar surface area (TPSA) is 115 Å². The van der Waals surface area contributed by atoms with Crippen LogP contribution in [0.1, 0.15) is 53.7 Å². The van der Waals surface area contributed by atoms with Crippen molar-refractivity contribution in [1.29, 1.82) is 0 Å². The molecule has 1 saturated carbocycles. The van der Waals surface area contributed by atoms with Gasteiger partial charge in [0.05, 0.1) is 23.7 Å². The van der Waals surface area contributed by atoms with Gasteiger partial charge in [-0.1, -0.05) is 30.7 Å². The highest BCUT2D eigenvalue weighted by Crippen LogP contribution is 2.40. The summed E-state index contributed by atoms with van der Waals surface area (Å²) in [7, 11) is 0. The predicted molar refractivity (Wildman–Crippen MR) is 130 cm³/mol. The Morgan fingerprint density at radius 3 is 2.68 bits per heavy atom. The number of rotatable bonds is 7. The Bertz CT molecular complexity index is 1500. The van der Waals surface area contributed by atoms with Crippen molar-refractivity contribution in [1.82, 2.24) is 24.3 Å². The highest BCUT2D eigenvalue weighted by Gasteiger charge is 2.29. The van der Waals surface area contributed by atoms with Crippen LogP contribution in [-0.4, -0.2) is 30.2 Å². The van der Waals surface area contributed by atoms with Gasteiger partial charge in [-0.2, -0.15) is 5.10 Å². The number of benzene rings is 1. The summed E-state index contributed by atoms with van der Waals surface area (Å²) in [6.45, 7) is 2.76. The second kappa shape index (κ2) is 8.90. The number of halogens is 1. The number of aromatic amines is 1. The maximum absolute atomic E-state index is 13.4. The molecule has 0 saturated heterocycles. The molecule has 1 aliphatic carbocycles. The Kier molecular flexibility index (Phi) is 5.79. The van der Waals surface area contributed by atoms with Crippen LogP contribution >= 0.6 is 11.6 Å². The molecule has 4 aromatic rings. The first-order chi connectivity index (χ1) is 16.4. The molecule has 9 nitrogen and oxygen atoms in total. The smallest absolute Gasteiger partial charge is 0.307 e. The Labute approximate surface area is 199 Å². The number of nitrogens with zero attached hydrogens (tertiary/aromatic N) is 4. The number of aryl methyl sites for hydroxylation is 1. The second-order valence-corrected chi connectivity index (χ2v) is 8.87. The lowest BCUT2D eigenvalue weighted by molar-refractivity contribution is 0.102. The number of hydrogen-bond acceptors (Lipinski definition) is 5. The fraction of sp³-hybridized carbons (Fsp3) is 0.292. The van der Waals surface area contributed by atoms with Gasteiger partial charge in [0.15, 0.2) is 5.65 Å². The van der Waals surface area contributed by atoms with Crippen molar-refractivity contribution in [2.75, 3.05) is 5.32 Å². The monoisotopic (exact) mass is 478 g/mol. The summed E-state index contributed by atoms with van der Waals surface area (Å²) < 4.78 is 3.09. The quantitative estimate of drug-likeness (QED) is 0.421. The van der Waals surface area contributed by atoms with Crippen molar-refractivity contribution >= 4 is 34.4 Å². The summed E-state index contributed by atoms with van der Waals surface area (Å²) in [6, 6.07) is 10.7. The van der Waals surface area contributed by atoms with Crippen LogP contribution < -0.4 is 16.6 Å². The Hall–Kier alpha value is -3.72. The Morgan fingerprint density at radius 1 is 1.21 bits per heavy atom. The minimum atomic E-state index is -0.623. The van der Waals surface area contributed by atoms with Gasteiger partial charge >= 0.3 is 5.69 Å². The third-order valence-corrected chi connectivity index (χ3v) is 6.11. The number of anilines is 1. The van der Waals surface area contributed by atoms with Crippen molar-refractivity contribution in [3.63, 3.8) is 0 Å². The van der Waals surface area contributed by atoms with Gasteiger partial charge in [-0.05, 0) is 43.0 Å². The van der Waals surface area contributed by atoms with E-state index in [0.717, 1.165) is 24.1 Å². The highest BCUT2D eigenvalue weighted by atomic mass is 35.5. The maximum atomic E-state index is 13.4. The van der Waals surface area contributed by atoms with E-state index in [1.54, 1.807) is 35.1 Å². The zero-order valence-corrected chi connectivity index (χ0v) is 19.3. The number of fused-ring (bicyclic) bond motifs is 1. The van der Waals surface area contributed by atoms with Crippen molar-refractivity contribution in [3.8, 4) is 0 Å². The number of carbonyl (C=O) groups excluding carboxylic acids is 1. The Balaban J connectivity index is 1.55. The van der Waals surface area contributed by atoms with Gasteiger partial charge in [0.2, 0.25) is 0 Å². The molecule has 0 spiro atoms. The number of amides is 1. The molecular weight excluding hydrogens is 456 g/mol. The molecule has 5 rings (SSSR count). The van der Waals surface area contributed by atoms with Crippen molar-refractivity contribution in [2.24, 2.45) is 0 Å². The van der Waals surface area contributed by atoms with Gasteiger partial charge < -0.3 is 5.32 Å². The number of aromatic nitrogens is 5. The molecule has 174 valence electrons. The van der Waals surface area contributed by atoms with E-state index in [-0.39, 0.29) is 22.5 Å². The van der Waals surface area contributed by atoms with E-state index in [2.05, 4.69) is 20.4 Å². The number of pyridine rings is 1. The fourth-order valence-electron chi connectivity index (χ4n) is 4.00. The fourth-order valence-corrected chi connectivity index (χ4v) is 4.13. The van der Waals surface area contributed by atoms with Crippen LogP contribution in [0.3, 0.4) is 0 Å². The van der Waals surface area contributed by atoms with Crippen LogP contribution in [0, 0.1) is 0 Å². The van der Waals surface area contributed by atoms with Crippen LogP contribution in [0.5, 0.6) is 0 Å². The second-order valence-electron chi connectivity index (χ2n) is 8.43. The van der Waals surface area contributed by atoms with Crippen molar-refractivity contribution < 1.29 is 4.79 Å². The number of carbonyl (C=O) groups is 1. The van der Waals surface area contributed by atoms with Crippen LogP contribution in [0.4, 0.5) is 5.82 Å². The summed E-state index contributed by atoms with van der Waals surface area (Å²) in [5.41, 5.74) is 0.988. The molecule has 1 aliphatic rings. The van der Waals surface area contributed by atoms with E-state index in [0.29, 0.717) is 30.4 Å². The minimum absolute atomic E-state index is 0.110. The highest BCUT2D eigenvalue weighted by molar-refractivity contribution is 6.30. The lowest BCUT2D eigenvalue weighted by Crippen LogP contribution is -2.32. The molecule has 2 N–H and O–H groups in total. The van der Waals surface area contributed by atoms with E-state index in [1.165, 1.54) is 4.57 Å². The summed E-state index contributed by atoms with van der Waals surface area (Å²) in [5, 5.41) is 7.94. The third kappa shape index (κ3) is 4.26. The molecule has 0 bridgehead atoms. The van der Waals surface area contributed by atoms with E-state index in [1.807, 2.05) is 19.1 Å². The van der Waals surface area contributed by atoms with Crippen LogP contribution in [0.25, 0.3) is 11.0 Å². The molecule has 1 fully saturated rings. The molecule has 0 unspecified atom stereocenters. The average molecular weight is 479 g/mol. The molecule has 3 aromatic heterocycles. The molecule has 0 radical (unpaired) electrons. The zero-order chi connectivity index (χ0) is 23.8. The predicted octanol–water partition coefficient (Wildman–Crippen LogP) is 3.52. The lowest BCUT2D eigenvalue weighted by Gasteiger charge is -2.14. The van der Waals surface area contributed by atoms with Crippen LogP contribution in [-0.2, 0) is 13.1 Å². The molecule has 10 heteroatoms. The number of hydrogen-bond donors (Lipinski definition) is 2. The van der Waals surface area contributed by atoms with E-state index < -0.39 is 17.2 Å². The first kappa shape index (κ1) is 22.1. The SMILES string of the molecule is CCCn1c(=O)[nH]c(=O)c2c(C(=O)Nc3ccnn3Cc3ccc(Cl)cc3)cc(C3CC3)nc21. The third-order valence-electron chi connectivity index (χ3n) is 5.86. The maximum Gasteiger partial charge on any atom is 0.329 e. The van der Waals surface area contributed by atoms with Gasteiger partial charge in [0.25, 0.3) is 11.5 Å². The molecule has 1 aromatic carbocycles. The van der Waals surface area contributed by atoms with Crippen LogP contribution in [0.2, 0.25) is 5.02 Å². The van der Waals surface area contributed by atoms with Gasteiger partial charge in [-0.25, -0.2) is 14.5 Å². The summed E-state index contributed by atoms with van der Waals surface area (Å²) >= 11 is 5.97. The zero-order valence-electron chi connectivity index (χ0n) is 18.5. The van der Waals surface area contributed by atoms with Gasteiger partial charge in [0, 0.05) is 29.2 Å². The lowest BCUT2D eigenvalue weighted by atomic mass is 10.1. The molecule has 34 heavy (non-hydrogen) atoms. The van der Waals surface area contributed by atoms with Crippen molar-refractivity contribution in [3.05, 3.63) is 85.3 Å². The normalized spacial score (nSPS) is 13.4. The summed E-state index contributed by atoms with van der Waals surface area (Å²) in [4.78, 5) is 45.7. The largest absolute Gasteiger partial charge is 0.329 e. The molecule has 1 amide bonds. The number of nitrogens with one attached hydrogen (secondary N) is 2. The summed E-state index contributed by atoms with van der Waals surface area (Å²) in [5.74, 6) is 0.256. The molecule has 3 heterocycles. The molecule has 0 atom stereocenters. The first-order valence-electron chi connectivity index (χ1n) is 11.2. The van der Waals surface area contributed by atoms with E-state index >= 15 is 0 Å². The summed E-state index contributed by atoms with van der Waals surface area (Å²) in [6.07, 6.45) is 4.21. The minimum Gasteiger partial charge on any atom is -0.307 e. The molecule has 0 aliphatic heterocycles.